The van der Waals surface area contributed by atoms with Gasteiger partial charge in [0.2, 0.25) is 5.65 Å². The Kier molecular flexibility index (Phi) is 3.52. The van der Waals surface area contributed by atoms with Gasteiger partial charge >= 0.3 is 6.03 Å². The van der Waals surface area contributed by atoms with E-state index in [4.69, 9.17) is 0 Å². The first-order valence-corrected chi connectivity index (χ1v) is 6.35. The Morgan fingerprint density at radius 1 is 1.36 bits per heavy atom. The molecule has 0 aliphatic heterocycles. The van der Waals surface area contributed by atoms with Crippen molar-refractivity contribution in [2.24, 2.45) is 0 Å². The molecular weight excluding hydrogens is 291 g/mol. The van der Waals surface area contributed by atoms with Gasteiger partial charge in [0.05, 0.1) is 6.54 Å². The van der Waals surface area contributed by atoms with Gasteiger partial charge < -0.3 is 15.6 Å². The van der Waals surface area contributed by atoms with Crippen molar-refractivity contribution in [3.8, 4) is 0 Å². The van der Waals surface area contributed by atoms with Crippen LogP contribution in [0.1, 0.15) is 5.82 Å². The molecule has 0 aliphatic carbocycles. The summed E-state index contributed by atoms with van der Waals surface area (Å²) in [5.41, 5.74) is 0.107. The van der Waals surface area contributed by atoms with Crippen LogP contribution in [0.15, 0.2) is 41.5 Å². The van der Waals surface area contributed by atoms with Crippen molar-refractivity contribution in [1.82, 2.24) is 24.9 Å². The van der Waals surface area contributed by atoms with Crippen LogP contribution < -0.4 is 16.2 Å². The fourth-order valence-electron chi connectivity index (χ4n) is 1.91. The maximum absolute atomic E-state index is 13.0. The molecule has 8 nitrogen and oxygen atoms in total. The molecule has 0 bridgehead atoms. The van der Waals surface area contributed by atoms with Gasteiger partial charge in [-0.2, -0.15) is 0 Å². The lowest BCUT2D eigenvalue weighted by Gasteiger charge is -2.06. The van der Waals surface area contributed by atoms with E-state index in [-0.39, 0.29) is 17.8 Å². The number of hydrogen-bond donors (Lipinski definition) is 3. The topological polar surface area (TPSA) is 104 Å². The number of rotatable bonds is 3. The molecule has 2 aromatic heterocycles. The van der Waals surface area contributed by atoms with E-state index in [1.54, 1.807) is 12.3 Å². The molecule has 2 amide bonds. The van der Waals surface area contributed by atoms with Crippen LogP contribution in [0.3, 0.4) is 0 Å². The molecule has 0 spiro atoms. The lowest BCUT2D eigenvalue weighted by atomic mass is 10.3. The van der Waals surface area contributed by atoms with Crippen molar-refractivity contribution in [1.29, 1.82) is 0 Å². The Balaban J connectivity index is 1.68. The summed E-state index contributed by atoms with van der Waals surface area (Å²) in [7, 11) is 0. The fraction of sp³-hybridized carbons (Fsp3) is 0.0769. The third kappa shape index (κ3) is 2.77. The molecular formula is C13H11FN6O2. The van der Waals surface area contributed by atoms with E-state index in [0.717, 1.165) is 0 Å². The Morgan fingerprint density at radius 2 is 2.23 bits per heavy atom. The summed E-state index contributed by atoms with van der Waals surface area (Å²) in [6, 6.07) is 5.01. The maximum Gasteiger partial charge on any atom is 0.319 e. The number of nitrogens with one attached hydrogen (secondary N) is 3. The van der Waals surface area contributed by atoms with Crippen molar-refractivity contribution in [3.05, 3.63) is 58.7 Å². The molecule has 3 aromatic rings. The Bertz CT molecular complexity index is 887. The van der Waals surface area contributed by atoms with Crippen LogP contribution in [0, 0.1) is 5.82 Å². The fourth-order valence-corrected chi connectivity index (χ4v) is 1.91. The molecule has 0 fully saturated rings. The van der Waals surface area contributed by atoms with E-state index in [0.29, 0.717) is 11.5 Å². The summed E-state index contributed by atoms with van der Waals surface area (Å²) in [4.78, 5) is 25.7. The number of benzene rings is 1. The van der Waals surface area contributed by atoms with Gasteiger partial charge in [-0.25, -0.2) is 9.18 Å². The molecule has 9 heteroatoms. The van der Waals surface area contributed by atoms with E-state index >= 15 is 0 Å². The lowest BCUT2D eigenvalue weighted by molar-refractivity contribution is 0.251. The highest BCUT2D eigenvalue weighted by Gasteiger charge is 2.09. The number of amides is 2. The zero-order valence-electron chi connectivity index (χ0n) is 11.2. The summed E-state index contributed by atoms with van der Waals surface area (Å²) in [6.07, 6.45) is 3.03. The third-order valence-corrected chi connectivity index (χ3v) is 2.90. The Labute approximate surface area is 123 Å². The zero-order chi connectivity index (χ0) is 15.5. The van der Waals surface area contributed by atoms with Crippen LogP contribution in [0.4, 0.5) is 14.9 Å². The Morgan fingerprint density at radius 3 is 3.05 bits per heavy atom. The van der Waals surface area contributed by atoms with E-state index in [1.165, 1.54) is 28.8 Å². The van der Waals surface area contributed by atoms with E-state index < -0.39 is 11.8 Å². The smallest absolute Gasteiger partial charge is 0.319 e. The number of urea groups is 1. The molecule has 0 radical (unpaired) electrons. The monoisotopic (exact) mass is 302 g/mol. The third-order valence-electron chi connectivity index (χ3n) is 2.90. The van der Waals surface area contributed by atoms with Crippen LogP contribution in [-0.2, 0) is 6.54 Å². The number of carbonyl (C=O) groups is 1. The second-order valence-electron chi connectivity index (χ2n) is 4.42. The Hall–Kier alpha value is -3.23. The number of aromatic nitrogens is 4. The van der Waals surface area contributed by atoms with Gasteiger partial charge in [0.1, 0.15) is 5.82 Å². The standard InChI is InChI=1S/C13H11FN6O2/c14-8-2-1-3-9(6-8)17-13(22)16-7-10-18-19-11-12(21)15-4-5-20(10)11/h1-6H,7H2,(H,15,21)(H2,16,17,22). The minimum atomic E-state index is -0.521. The predicted octanol–water partition coefficient (Wildman–Crippen LogP) is 0.878. The first-order valence-electron chi connectivity index (χ1n) is 6.35. The molecule has 3 rings (SSSR count). The molecule has 2 heterocycles. The second kappa shape index (κ2) is 5.64. The van der Waals surface area contributed by atoms with Crippen molar-refractivity contribution < 1.29 is 9.18 Å². The van der Waals surface area contributed by atoms with E-state index in [9.17, 15) is 14.0 Å². The normalized spacial score (nSPS) is 10.6. The average Bonchev–Trinajstić information content (AvgIpc) is 2.90. The van der Waals surface area contributed by atoms with Crippen molar-refractivity contribution in [2.75, 3.05) is 5.32 Å². The maximum atomic E-state index is 13.0. The molecule has 3 N–H and O–H groups in total. The number of fused-ring (bicyclic) bond motifs is 1. The number of H-pyrrole nitrogens is 1. The van der Waals surface area contributed by atoms with Gasteiger partial charge in [-0.05, 0) is 18.2 Å². The second-order valence-corrected chi connectivity index (χ2v) is 4.42. The number of halogens is 1. The summed E-state index contributed by atoms with van der Waals surface area (Å²) >= 11 is 0. The first-order chi connectivity index (χ1) is 10.6. The van der Waals surface area contributed by atoms with Gasteiger partial charge in [0.15, 0.2) is 5.82 Å². The van der Waals surface area contributed by atoms with Gasteiger partial charge in [-0.3, -0.25) is 9.20 Å². The van der Waals surface area contributed by atoms with Crippen LogP contribution in [0.5, 0.6) is 0 Å². The van der Waals surface area contributed by atoms with Crippen LogP contribution in [-0.4, -0.2) is 25.6 Å². The summed E-state index contributed by atoms with van der Waals surface area (Å²) < 4.78 is 14.5. The highest BCUT2D eigenvalue weighted by molar-refractivity contribution is 5.89. The van der Waals surface area contributed by atoms with Crippen molar-refractivity contribution >= 4 is 17.4 Å². The molecule has 0 saturated carbocycles. The number of anilines is 1. The quantitative estimate of drug-likeness (QED) is 0.668. The van der Waals surface area contributed by atoms with Crippen LogP contribution >= 0.6 is 0 Å². The molecule has 1 aromatic carbocycles. The van der Waals surface area contributed by atoms with Crippen LogP contribution in [0.25, 0.3) is 5.65 Å². The number of hydrogen-bond acceptors (Lipinski definition) is 4. The summed E-state index contributed by atoms with van der Waals surface area (Å²) in [5, 5.41) is 12.6. The first kappa shape index (κ1) is 13.7. The van der Waals surface area contributed by atoms with Crippen molar-refractivity contribution in [2.45, 2.75) is 6.54 Å². The zero-order valence-corrected chi connectivity index (χ0v) is 11.2. The molecule has 112 valence electrons. The van der Waals surface area contributed by atoms with Gasteiger partial charge in [0.25, 0.3) is 5.56 Å². The van der Waals surface area contributed by atoms with Crippen LogP contribution in [0.2, 0.25) is 0 Å². The SMILES string of the molecule is O=C(NCc1nnc2c(=O)[nH]ccn12)Nc1cccc(F)c1. The van der Waals surface area contributed by atoms with Gasteiger partial charge in [0, 0.05) is 18.1 Å². The largest absolute Gasteiger partial charge is 0.331 e. The van der Waals surface area contributed by atoms with Gasteiger partial charge in [-0.1, -0.05) is 6.07 Å². The number of carbonyl (C=O) groups excluding carboxylic acids is 1. The lowest BCUT2D eigenvalue weighted by Crippen LogP contribution is -2.29. The predicted molar refractivity (Wildman–Crippen MR) is 75.9 cm³/mol. The highest BCUT2D eigenvalue weighted by atomic mass is 19.1. The molecule has 0 aliphatic rings. The molecule has 0 saturated heterocycles. The average molecular weight is 302 g/mol. The van der Waals surface area contributed by atoms with Gasteiger partial charge in [-0.15, -0.1) is 10.2 Å². The number of nitrogens with zero attached hydrogens (tertiary/aromatic N) is 3. The highest BCUT2D eigenvalue weighted by Crippen LogP contribution is 2.08. The molecule has 22 heavy (non-hydrogen) atoms. The van der Waals surface area contributed by atoms with Crippen molar-refractivity contribution in [3.63, 3.8) is 0 Å². The minimum Gasteiger partial charge on any atom is -0.331 e. The minimum absolute atomic E-state index is 0.0613. The summed E-state index contributed by atoms with van der Waals surface area (Å²) in [6.45, 7) is 0.0613. The summed E-state index contributed by atoms with van der Waals surface area (Å²) in [5.74, 6) is -0.0454. The molecule has 0 atom stereocenters. The number of aromatic amines is 1. The van der Waals surface area contributed by atoms with E-state index in [1.807, 2.05) is 0 Å². The molecule has 0 unspecified atom stereocenters. The van der Waals surface area contributed by atoms with E-state index in [2.05, 4.69) is 25.8 Å².